The highest BCUT2D eigenvalue weighted by Gasteiger charge is 2.30. The van der Waals surface area contributed by atoms with Crippen molar-refractivity contribution in [1.82, 2.24) is 5.32 Å². The van der Waals surface area contributed by atoms with Gasteiger partial charge in [-0.3, -0.25) is 18.6 Å². The molecule has 9 nitrogen and oxygen atoms in total. The second kappa shape index (κ2) is 52.9. The summed E-state index contributed by atoms with van der Waals surface area (Å²) < 4.78 is 30.6. The number of allylic oxidation sites excluding steroid dienone is 11. The molecule has 0 bridgehead atoms. The van der Waals surface area contributed by atoms with Crippen molar-refractivity contribution in [2.45, 2.75) is 277 Å². The highest BCUT2D eigenvalue weighted by atomic mass is 31.2. The second-order valence-corrected chi connectivity index (χ2v) is 23.0. The molecule has 0 rings (SSSR count). The van der Waals surface area contributed by atoms with Crippen molar-refractivity contribution in [3.63, 3.8) is 0 Å². The molecule has 0 aliphatic rings. The molecule has 0 aromatic rings. The molecule has 0 aromatic carbocycles. The number of phosphoric ester groups is 1. The van der Waals surface area contributed by atoms with Crippen LogP contribution in [0.3, 0.4) is 0 Å². The van der Waals surface area contributed by atoms with Gasteiger partial charge in [0.05, 0.1) is 33.8 Å². The molecule has 1 amide bonds. The Balaban J connectivity index is 5.33. The summed E-state index contributed by atoms with van der Waals surface area (Å²) in [4.78, 5) is 37.6. The minimum absolute atomic E-state index is 0.0296. The van der Waals surface area contributed by atoms with Crippen molar-refractivity contribution in [3.8, 4) is 0 Å². The number of carbonyl (C=O) groups is 2. The van der Waals surface area contributed by atoms with E-state index in [0.29, 0.717) is 23.9 Å². The van der Waals surface area contributed by atoms with Crippen LogP contribution in [0.2, 0.25) is 0 Å². The number of rotatable bonds is 54. The first-order valence-corrected chi connectivity index (χ1v) is 31.8. The molecule has 0 saturated carbocycles. The number of likely N-dealkylation sites (N-methyl/N-ethyl adjacent to an activating group) is 1. The van der Waals surface area contributed by atoms with E-state index in [1.807, 2.05) is 33.3 Å². The predicted octanol–water partition coefficient (Wildman–Crippen LogP) is 18.4. The molecule has 10 heteroatoms. The van der Waals surface area contributed by atoms with Gasteiger partial charge in [-0.05, 0) is 96.0 Å². The van der Waals surface area contributed by atoms with Crippen LogP contribution in [0.25, 0.3) is 0 Å². The lowest BCUT2D eigenvalue weighted by atomic mass is 10.0. The lowest BCUT2D eigenvalue weighted by molar-refractivity contribution is -0.870. The molecule has 0 radical (unpaired) electrons. The SMILES string of the molecule is CCCCC/C=C\C/C=C\C/C=C\C/C=C\CCCC(=O)OC(/C=C/CCCCCCCCCCC)C(COP(=O)(O)OCC[N+](C)(C)C)NC(=O)CCCCCCCCCCC/C=C/CCCCCCCC. The van der Waals surface area contributed by atoms with Crippen molar-refractivity contribution in [3.05, 3.63) is 72.9 Å². The Labute approximate surface area is 451 Å². The Morgan fingerprint density at radius 2 is 0.849 bits per heavy atom. The summed E-state index contributed by atoms with van der Waals surface area (Å²) in [6, 6.07) is -0.873. The number of hydrogen-bond donors (Lipinski definition) is 2. The molecule has 73 heavy (non-hydrogen) atoms. The molecule has 0 fully saturated rings. The lowest BCUT2D eigenvalue weighted by Gasteiger charge is -2.27. The van der Waals surface area contributed by atoms with E-state index in [-0.39, 0.29) is 31.5 Å². The van der Waals surface area contributed by atoms with Crippen LogP contribution in [0.15, 0.2) is 72.9 Å². The lowest BCUT2D eigenvalue weighted by Crippen LogP contribution is -2.47. The van der Waals surface area contributed by atoms with Crippen LogP contribution in [0.4, 0.5) is 0 Å². The summed E-state index contributed by atoms with van der Waals surface area (Å²) in [5.41, 5.74) is 0. The molecule has 3 unspecified atom stereocenters. The Morgan fingerprint density at radius 1 is 0.479 bits per heavy atom. The van der Waals surface area contributed by atoms with Crippen molar-refractivity contribution in [2.24, 2.45) is 0 Å². The van der Waals surface area contributed by atoms with Gasteiger partial charge in [0.25, 0.3) is 0 Å². The van der Waals surface area contributed by atoms with Crippen LogP contribution in [0, 0.1) is 0 Å². The molecule has 424 valence electrons. The maximum absolute atomic E-state index is 13.5. The fraction of sp³-hybridized carbons (Fsp3) is 0.778. The van der Waals surface area contributed by atoms with E-state index in [9.17, 15) is 19.0 Å². The van der Waals surface area contributed by atoms with E-state index in [1.54, 1.807) is 0 Å². The van der Waals surface area contributed by atoms with Gasteiger partial charge in [0.1, 0.15) is 19.3 Å². The number of carbonyl (C=O) groups excluding carboxylic acids is 2. The third kappa shape index (κ3) is 54.1. The molecule has 0 heterocycles. The first kappa shape index (κ1) is 70.5. The zero-order valence-corrected chi connectivity index (χ0v) is 49.3. The molecule has 2 N–H and O–H groups in total. The van der Waals surface area contributed by atoms with Gasteiger partial charge in [0, 0.05) is 12.8 Å². The van der Waals surface area contributed by atoms with E-state index < -0.39 is 20.0 Å². The van der Waals surface area contributed by atoms with Crippen LogP contribution in [-0.4, -0.2) is 74.3 Å². The van der Waals surface area contributed by atoms with Gasteiger partial charge < -0.3 is 19.4 Å². The van der Waals surface area contributed by atoms with Crippen molar-refractivity contribution >= 4 is 19.7 Å². The first-order chi connectivity index (χ1) is 35.4. The summed E-state index contributed by atoms with van der Waals surface area (Å²) >= 11 is 0. The van der Waals surface area contributed by atoms with Crippen molar-refractivity contribution in [1.29, 1.82) is 0 Å². The van der Waals surface area contributed by atoms with Gasteiger partial charge in [0.15, 0.2) is 0 Å². The van der Waals surface area contributed by atoms with E-state index >= 15 is 0 Å². The summed E-state index contributed by atoms with van der Waals surface area (Å²) in [5.74, 6) is -0.572. The summed E-state index contributed by atoms with van der Waals surface area (Å²) in [5, 5.41) is 3.04. The number of nitrogens with zero attached hydrogens (tertiary/aromatic N) is 1. The predicted molar refractivity (Wildman–Crippen MR) is 314 cm³/mol. The number of hydrogen-bond acceptors (Lipinski definition) is 6. The van der Waals surface area contributed by atoms with Crippen LogP contribution in [0.5, 0.6) is 0 Å². The smallest absolute Gasteiger partial charge is 0.456 e. The van der Waals surface area contributed by atoms with Crippen LogP contribution in [0.1, 0.15) is 265 Å². The molecule has 0 spiro atoms. The van der Waals surface area contributed by atoms with Gasteiger partial charge in [-0.25, -0.2) is 4.57 Å². The van der Waals surface area contributed by atoms with E-state index in [4.69, 9.17) is 13.8 Å². The normalized spacial score (nSPS) is 14.2. The quantitative estimate of drug-likeness (QED) is 0.0205. The molecule has 3 atom stereocenters. The average Bonchev–Trinajstić information content (AvgIpc) is 3.35. The molecule has 0 aliphatic heterocycles. The van der Waals surface area contributed by atoms with Gasteiger partial charge in [-0.1, -0.05) is 229 Å². The average molecular weight is 1040 g/mol. The second-order valence-electron chi connectivity index (χ2n) is 21.5. The number of amides is 1. The molecule has 0 aromatic heterocycles. The monoisotopic (exact) mass is 1040 g/mol. The number of unbranched alkanes of at least 4 members (excludes halogenated alkanes) is 28. The molecule has 0 aliphatic carbocycles. The molecule has 0 saturated heterocycles. The molecular weight excluding hydrogens is 928 g/mol. The van der Waals surface area contributed by atoms with Gasteiger partial charge in [0.2, 0.25) is 5.91 Å². The Hall–Kier alpha value is -2.55. The third-order valence-electron chi connectivity index (χ3n) is 13.1. The Morgan fingerprint density at radius 3 is 1.32 bits per heavy atom. The van der Waals surface area contributed by atoms with Gasteiger partial charge in [-0.2, -0.15) is 0 Å². The maximum atomic E-state index is 13.5. The number of nitrogens with one attached hydrogen (secondary N) is 1. The summed E-state index contributed by atoms with van der Waals surface area (Å²) in [7, 11) is 1.46. The number of esters is 1. The zero-order valence-electron chi connectivity index (χ0n) is 48.4. The minimum Gasteiger partial charge on any atom is -0.456 e. The minimum atomic E-state index is -4.46. The highest BCUT2D eigenvalue weighted by Crippen LogP contribution is 2.43. The van der Waals surface area contributed by atoms with E-state index in [0.717, 1.165) is 64.2 Å². The standard InChI is InChI=1S/C63H115N2O7P/c1-7-10-13-16-19-22-25-27-29-31-32-34-35-37-40-43-46-49-52-55-62(66)64-60(59-71-73(68,69)70-58-57-65(4,5)6)61(54-51-48-45-42-39-24-21-18-15-12-9-3)72-63(67)56-53-50-47-44-41-38-36-33-30-28-26-23-20-17-14-11-8-2/h20,23,27-30,36,38,44,47,51,54,60-61H,7-19,21-22,24-26,31-35,37,39-43,45-46,48-50,52-53,55-59H2,1-6H3,(H-,64,66,68,69)/p+1/b23-20-,29-27+,30-28-,38-36-,47-44-,54-51+. The Kier molecular flexibility index (Phi) is 51.0. The summed E-state index contributed by atoms with van der Waals surface area (Å²) in [6.07, 6.45) is 67.6. The largest absolute Gasteiger partial charge is 0.472 e. The van der Waals surface area contributed by atoms with Crippen LogP contribution in [-0.2, 0) is 27.9 Å². The highest BCUT2D eigenvalue weighted by molar-refractivity contribution is 7.47. The topological polar surface area (TPSA) is 111 Å². The van der Waals surface area contributed by atoms with Crippen LogP contribution < -0.4 is 5.32 Å². The Bertz CT molecular complexity index is 1480. The van der Waals surface area contributed by atoms with E-state index in [1.165, 1.54) is 161 Å². The third-order valence-corrected chi connectivity index (χ3v) is 14.1. The fourth-order valence-electron chi connectivity index (χ4n) is 8.40. The summed E-state index contributed by atoms with van der Waals surface area (Å²) in [6.45, 7) is 6.94. The van der Waals surface area contributed by atoms with Gasteiger partial charge >= 0.3 is 13.8 Å². The fourth-order valence-corrected chi connectivity index (χ4v) is 9.13. The van der Waals surface area contributed by atoms with Crippen molar-refractivity contribution in [2.75, 3.05) is 40.9 Å². The van der Waals surface area contributed by atoms with Crippen LogP contribution >= 0.6 is 7.82 Å². The zero-order chi connectivity index (χ0) is 53.6. The first-order valence-electron chi connectivity index (χ1n) is 30.3. The maximum Gasteiger partial charge on any atom is 0.472 e. The van der Waals surface area contributed by atoms with Crippen molar-refractivity contribution < 1.29 is 37.3 Å². The molecular formula is C63H116N2O7P+. The number of ether oxygens (including phenoxy) is 1. The number of phosphoric acid groups is 1. The number of quaternary nitrogens is 1. The van der Waals surface area contributed by atoms with E-state index in [2.05, 4.69) is 86.8 Å². The van der Waals surface area contributed by atoms with Gasteiger partial charge in [-0.15, -0.1) is 0 Å².